The monoisotopic (exact) mass is 633 g/mol. The average molecular weight is 634 g/mol. The molecule has 1 aromatic heterocycles. The molecule has 3 rings (SSSR count). The number of unbranched alkanes of at least 4 members (excludes halogenated alkanes) is 3. The molecule has 1 unspecified atom stereocenters. The number of nitrogens with one attached hydrogen (secondary N) is 2. The molecule has 14 heteroatoms. The minimum absolute atomic E-state index is 0.0233. The highest BCUT2D eigenvalue weighted by molar-refractivity contribution is 6.17. The molecule has 13 nitrogen and oxygen atoms in total. The van der Waals surface area contributed by atoms with E-state index in [1.54, 1.807) is 12.1 Å². The first-order chi connectivity index (χ1) is 21.3. The number of aliphatic hydroxyl groups excluding tert-OH is 2. The number of hydrogen-bond donors (Lipinski definition) is 5. The maximum absolute atomic E-state index is 12.5. The van der Waals surface area contributed by atoms with E-state index in [-0.39, 0.29) is 36.9 Å². The van der Waals surface area contributed by atoms with Crippen molar-refractivity contribution in [3.63, 3.8) is 0 Å². The molecule has 1 aliphatic heterocycles. The molecule has 3 atom stereocenters. The van der Waals surface area contributed by atoms with Crippen LogP contribution in [-0.4, -0.2) is 95.8 Å². The fourth-order valence-corrected chi connectivity index (χ4v) is 4.48. The summed E-state index contributed by atoms with van der Waals surface area (Å²) in [5.74, 6) is 5.47. The summed E-state index contributed by atoms with van der Waals surface area (Å²) < 4.78 is 17.7. The summed E-state index contributed by atoms with van der Waals surface area (Å²) in [5, 5.41) is 24.7. The van der Waals surface area contributed by atoms with Crippen molar-refractivity contribution >= 4 is 29.2 Å². The van der Waals surface area contributed by atoms with Gasteiger partial charge in [-0.15, -0.1) is 11.6 Å². The van der Waals surface area contributed by atoms with Crippen molar-refractivity contribution in [1.82, 2.24) is 20.2 Å². The van der Waals surface area contributed by atoms with E-state index >= 15 is 0 Å². The Balaban J connectivity index is 1.37. The highest BCUT2D eigenvalue weighted by Crippen LogP contribution is 2.27. The second-order valence-corrected chi connectivity index (χ2v) is 10.4. The number of halogens is 1. The summed E-state index contributed by atoms with van der Waals surface area (Å²) in [6.45, 7) is 1.95. The Morgan fingerprint density at radius 3 is 2.36 bits per heavy atom. The molecule has 1 saturated heterocycles. The fourth-order valence-electron chi connectivity index (χ4n) is 4.29. The minimum atomic E-state index is -0.926. The summed E-state index contributed by atoms with van der Waals surface area (Å²) in [5.41, 5.74) is 6.14. The van der Waals surface area contributed by atoms with Gasteiger partial charge < -0.3 is 40.8 Å². The highest BCUT2D eigenvalue weighted by Gasteiger charge is 2.35. The van der Waals surface area contributed by atoms with Gasteiger partial charge in [0.15, 0.2) is 0 Å². The first-order valence-electron chi connectivity index (χ1n) is 14.5. The van der Waals surface area contributed by atoms with Crippen molar-refractivity contribution in [2.45, 2.75) is 50.5 Å². The van der Waals surface area contributed by atoms with Crippen molar-refractivity contribution in [3.8, 4) is 11.8 Å². The number of hydrogen-bond acceptors (Lipinski definition) is 10. The number of nitrogen functional groups attached to an aromatic ring is 1. The summed E-state index contributed by atoms with van der Waals surface area (Å²) in [6, 6.07) is 6.18. The van der Waals surface area contributed by atoms with Gasteiger partial charge in [-0.1, -0.05) is 24.7 Å². The SMILES string of the molecule is Nc1nc(=O)n([C@H]2CC(O)[C@@H](CO)O2)cc1C#CCNC(=O)c1ccc(C(=O)NCCOCCOCCCCCCCl)cc1. The minimum Gasteiger partial charge on any atom is -0.394 e. The van der Waals surface area contributed by atoms with Gasteiger partial charge in [0.05, 0.1) is 44.6 Å². The number of aromatic nitrogens is 2. The Labute approximate surface area is 261 Å². The van der Waals surface area contributed by atoms with Gasteiger partial charge in [-0.2, -0.15) is 4.98 Å². The Hall–Kier alpha value is -3.51. The number of nitrogens with zero attached hydrogens (tertiary/aromatic N) is 2. The van der Waals surface area contributed by atoms with Crippen LogP contribution in [-0.2, 0) is 14.2 Å². The summed E-state index contributed by atoms with van der Waals surface area (Å²) in [6.07, 6.45) is 3.18. The largest absolute Gasteiger partial charge is 0.394 e. The first-order valence-corrected chi connectivity index (χ1v) is 15.1. The van der Waals surface area contributed by atoms with Crippen LogP contribution >= 0.6 is 11.6 Å². The molecule has 1 fully saturated rings. The normalized spacial score (nSPS) is 17.6. The van der Waals surface area contributed by atoms with Crippen LogP contribution in [0.4, 0.5) is 5.82 Å². The number of rotatable bonds is 17. The van der Waals surface area contributed by atoms with Crippen LogP contribution in [0.1, 0.15) is 64.6 Å². The van der Waals surface area contributed by atoms with Crippen molar-refractivity contribution in [3.05, 3.63) is 57.6 Å². The van der Waals surface area contributed by atoms with E-state index in [0.717, 1.165) is 30.3 Å². The summed E-state index contributed by atoms with van der Waals surface area (Å²) >= 11 is 5.65. The molecule has 2 amide bonds. The molecule has 0 radical (unpaired) electrons. The molecule has 1 aliphatic rings. The number of ether oxygens (including phenoxy) is 3. The van der Waals surface area contributed by atoms with Gasteiger partial charge >= 0.3 is 5.69 Å². The standard InChI is InChI=1S/C30H40ClN5O8/c31-11-3-1-2-4-14-42-16-17-43-15-13-34-29(40)22-9-7-21(8-10-22)28(39)33-12-5-6-23-19-36(30(41)35-27(23)32)26-18-24(38)25(20-37)44-26/h7-10,19,24-26,37-38H,1-4,11-18,20H2,(H,33,39)(H,34,40)(H2,32,35,41)/t24?,25-,26-/m1/s1. The molecule has 2 aromatic rings. The Bertz CT molecular complexity index is 1330. The smallest absolute Gasteiger partial charge is 0.351 e. The number of anilines is 1. The lowest BCUT2D eigenvalue weighted by atomic mass is 10.1. The Morgan fingerprint density at radius 2 is 1.70 bits per heavy atom. The van der Waals surface area contributed by atoms with Crippen LogP contribution in [0, 0.1) is 11.8 Å². The maximum Gasteiger partial charge on any atom is 0.351 e. The van der Waals surface area contributed by atoms with Crippen molar-refractivity contribution in [2.75, 3.05) is 57.7 Å². The van der Waals surface area contributed by atoms with Gasteiger partial charge in [-0.3, -0.25) is 14.2 Å². The van der Waals surface area contributed by atoms with E-state index in [1.807, 2.05) is 0 Å². The second kappa shape index (κ2) is 19.0. The van der Waals surface area contributed by atoms with Gasteiger partial charge in [0.25, 0.3) is 11.8 Å². The second-order valence-electron chi connectivity index (χ2n) is 9.99. The lowest BCUT2D eigenvalue weighted by Gasteiger charge is -2.15. The van der Waals surface area contributed by atoms with Crippen molar-refractivity contribution in [1.29, 1.82) is 0 Å². The van der Waals surface area contributed by atoms with Gasteiger partial charge in [0.1, 0.15) is 18.1 Å². The van der Waals surface area contributed by atoms with E-state index < -0.39 is 30.0 Å². The molecule has 0 spiro atoms. The van der Waals surface area contributed by atoms with E-state index in [1.165, 1.54) is 18.3 Å². The molecule has 240 valence electrons. The topological polar surface area (TPSA) is 187 Å². The number of carbonyl (C=O) groups excluding carboxylic acids is 2. The summed E-state index contributed by atoms with van der Waals surface area (Å²) in [7, 11) is 0. The van der Waals surface area contributed by atoms with Crippen LogP contribution in [0.25, 0.3) is 0 Å². The lowest BCUT2D eigenvalue weighted by Crippen LogP contribution is -2.29. The number of benzene rings is 1. The predicted octanol–water partition coefficient (Wildman–Crippen LogP) is 0.810. The number of aliphatic hydroxyl groups is 2. The molecular formula is C30H40ClN5O8. The Morgan fingerprint density at radius 1 is 1.05 bits per heavy atom. The number of alkyl halides is 1. The van der Waals surface area contributed by atoms with Gasteiger partial charge in [-0.25, -0.2) is 4.79 Å². The quantitative estimate of drug-likeness (QED) is 0.0948. The molecule has 0 bridgehead atoms. The third-order valence-corrected chi connectivity index (χ3v) is 6.99. The van der Waals surface area contributed by atoms with Crippen LogP contribution in [0.5, 0.6) is 0 Å². The van der Waals surface area contributed by atoms with Crippen molar-refractivity contribution in [2.24, 2.45) is 0 Å². The number of nitrogens with two attached hydrogens (primary N) is 1. The van der Waals surface area contributed by atoms with Crippen molar-refractivity contribution < 1.29 is 34.0 Å². The molecule has 44 heavy (non-hydrogen) atoms. The zero-order valence-corrected chi connectivity index (χ0v) is 25.3. The lowest BCUT2D eigenvalue weighted by molar-refractivity contribution is -0.0458. The highest BCUT2D eigenvalue weighted by atomic mass is 35.5. The van der Waals surface area contributed by atoms with E-state index in [0.29, 0.717) is 50.0 Å². The zero-order chi connectivity index (χ0) is 31.7. The molecule has 0 aliphatic carbocycles. The van der Waals surface area contributed by atoms with Crippen LogP contribution in [0.15, 0.2) is 35.3 Å². The third kappa shape index (κ3) is 11.2. The zero-order valence-electron chi connectivity index (χ0n) is 24.5. The van der Waals surface area contributed by atoms with Gasteiger partial charge in [-0.05, 0) is 37.1 Å². The van der Waals surface area contributed by atoms with E-state index in [2.05, 4.69) is 27.5 Å². The molecule has 0 saturated carbocycles. The van der Waals surface area contributed by atoms with Crippen LogP contribution in [0.2, 0.25) is 0 Å². The molecule has 1 aromatic carbocycles. The average Bonchev–Trinajstić information content (AvgIpc) is 3.40. The predicted molar refractivity (Wildman–Crippen MR) is 163 cm³/mol. The van der Waals surface area contributed by atoms with Crippen LogP contribution < -0.4 is 22.1 Å². The van der Waals surface area contributed by atoms with E-state index in [9.17, 15) is 24.6 Å². The molecule has 2 heterocycles. The molecular weight excluding hydrogens is 594 g/mol. The summed E-state index contributed by atoms with van der Waals surface area (Å²) in [4.78, 5) is 40.9. The number of amides is 2. The molecule has 6 N–H and O–H groups in total. The maximum atomic E-state index is 12.5. The van der Waals surface area contributed by atoms with Gasteiger partial charge in [0.2, 0.25) is 0 Å². The van der Waals surface area contributed by atoms with E-state index in [4.69, 9.17) is 31.5 Å². The fraction of sp³-hybridized carbons (Fsp3) is 0.533. The van der Waals surface area contributed by atoms with Gasteiger partial charge in [0, 0.05) is 42.8 Å². The number of carbonyl (C=O) groups is 2. The Kier molecular flexibility index (Phi) is 15.1. The van der Waals surface area contributed by atoms with Crippen LogP contribution in [0.3, 0.4) is 0 Å². The third-order valence-electron chi connectivity index (χ3n) is 6.72. The first kappa shape index (κ1) is 35.0.